The highest BCUT2D eigenvalue weighted by Crippen LogP contribution is 2.39. The van der Waals surface area contributed by atoms with Gasteiger partial charge in [0, 0.05) is 23.3 Å². The van der Waals surface area contributed by atoms with Crippen LogP contribution in [0, 0.1) is 0 Å². The molecule has 1 aliphatic carbocycles. The molecule has 0 amide bonds. The number of hydrogen-bond donors (Lipinski definition) is 1. The Labute approximate surface area is 109 Å². The van der Waals surface area contributed by atoms with Crippen LogP contribution < -0.4 is 5.32 Å². The normalized spacial score (nSPS) is 21.9. The number of furan rings is 1. The molecule has 19 heavy (non-hydrogen) atoms. The molecule has 4 rings (SSSR count). The van der Waals surface area contributed by atoms with Crippen molar-refractivity contribution in [3.63, 3.8) is 0 Å². The molecule has 0 saturated carbocycles. The molecule has 0 radical (unpaired) electrons. The van der Waals surface area contributed by atoms with Crippen molar-refractivity contribution in [1.82, 2.24) is 14.8 Å². The third-order valence-electron chi connectivity index (χ3n) is 3.67. The number of aromatic nitrogens is 3. The Morgan fingerprint density at radius 3 is 3.21 bits per heavy atom. The number of Topliss-reactive ketones (excluding diaryl/α,β-unsaturated/α-hetero) is 1. The minimum atomic E-state index is -0.222. The van der Waals surface area contributed by atoms with E-state index in [2.05, 4.69) is 15.4 Å². The maximum atomic E-state index is 12.3. The number of hydrogen-bond acceptors (Lipinski definition) is 5. The Morgan fingerprint density at radius 2 is 2.37 bits per heavy atom. The van der Waals surface area contributed by atoms with Gasteiger partial charge in [0.1, 0.15) is 12.4 Å². The molecule has 6 heteroatoms. The van der Waals surface area contributed by atoms with Crippen molar-refractivity contribution in [2.24, 2.45) is 0 Å². The second-order valence-electron chi connectivity index (χ2n) is 4.78. The molecule has 1 N–H and O–H groups in total. The predicted molar refractivity (Wildman–Crippen MR) is 66.4 cm³/mol. The van der Waals surface area contributed by atoms with Gasteiger partial charge in [0.2, 0.25) is 5.95 Å². The zero-order valence-corrected chi connectivity index (χ0v) is 10.2. The van der Waals surface area contributed by atoms with Crippen LogP contribution in [0.3, 0.4) is 0 Å². The van der Waals surface area contributed by atoms with E-state index in [0.717, 1.165) is 29.7 Å². The van der Waals surface area contributed by atoms with Crippen LogP contribution >= 0.6 is 0 Å². The van der Waals surface area contributed by atoms with Crippen LogP contribution in [0.1, 0.15) is 30.9 Å². The Hall–Kier alpha value is -2.37. The maximum absolute atomic E-state index is 12.3. The second-order valence-corrected chi connectivity index (χ2v) is 4.78. The monoisotopic (exact) mass is 256 g/mol. The van der Waals surface area contributed by atoms with Crippen molar-refractivity contribution in [2.45, 2.75) is 25.3 Å². The minimum absolute atomic E-state index is 0.182. The summed E-state index contributed by atoms with van der Waals surface area (Å²) in [4.78, 5) is 16.5. The van der Waals surface area contributed by atoms with Crippen LogP contribution in [0.25, 0.3) is 0 Å². The zero-order chi connectivity index (χ0) is 12.8. The number of nitrogens with zero attached hydrogens (tertiary/aromatic N) is 3. The van der Waals surface area contributed by atoms with Gasteiger partial charge in [0.15, 0.2) is 5.78 Å². The van der Waals surface area contributed by atoms with Crippen molar-refractivity contribution in [3.05, 3.63) is 41.8 Å². The van der Waals surface area contributed by atoms with E-state index in [1.807, 2.05) is 6.07 Å². The summed E-state index contributed by atoms with van der Waals surface area (Å²) < 4.78 is 6.90. The summed E-state index contributed by atoms with van der Waals surface area (Å²) in [6.45, 7) is 0. The van der Waals surface area contributed by atoms with Crippen LogP contribution in [-0.4, -0.2) is 20.5 Å². The van der Waals surface area contributed by atoms with Crippen LogP contribution in [0.2, 0.25) is 0 Å². The first-order valence-corrected chi connectivity index (χ1v) is 6.29. The van der Waals surface area contributed by atoms with Gasteiger partial charge in [0.05, 0.1) is 12.5 Å². The molecule has 2 aliphatic rings. The standard InChI is InChI=1S/C13H12N4O2/c18-10-3-1-2-9-11(10)12(8-4-5-19-6-8)17-13(16-9)14-7-15-17/h4-7,12H,1-3H2,(H,14,15,16). The number of rotatable bonds is 1. The van der Waals surface area contributed by atoms with Gasteiger partial charge in [-0.3, -0.25) is 4.79 Å². The predicted octanol–water partition coefficient (Wildman–Crippen LogP) is 1.89. The fourth-order valence-corrected chi connectivity index (χ4v) is 2.83. The lowest BCUT2D eigenvalue weighted by molar-refractivity contribution is -0.116. The van der Waals surface area contributed by atoms with Crippen LogP contribution in [0.5, 0.6) is 0 Å². The third kappa shape index (κ3) is 1.46. The van der Waals surface area contributed by atoms with E-state index in [4.69, 9.17) is 4.42 Å². The summed E-state index contributed by atoms with van der Waals surface area (Å²) in [5.41, 5.74) is 2.70. The molecule has 1 unspecified atom stereocenters. The molecular weight excluding hydrogens is 244 g/mol. The van der Waals surface area contributed by atoms with Gasteiger partial charge >= 0.3 is 0 Å². The van der Waals surface area contributed by atoms with Gasteiger partial charge in [-0.2, -0.15) is 10.1 Å². The molecule has 0 fully saturated rings. The molecular formula is C13H12N4O2. The van der Waals surface area contributed by atoms with Crippen molar-refractivity contribution in [1.29, 1.82) is 0 Å². The zero-order valence-electron chi connectivity index (χ0n) is 10.2. The number of allylic oxidation sites excluding steroid dienone is 2. The fraction of sp³-hybridized carbons (Fsp3) is 0.308. The Balaban J connectivity index is 1.93. The summed E-state index contributed by atoms with van der Waals surface area (Å²) in [6, 6.07) is 1.65. The quantitative estimate of drug-likeness (QED) is 0.843. The average molecular weight is 256 g/mol. The van der Waals surface area contributed by atoms with E-state index in [-0.39, 0.29) is 11.8 Å². The van der Waals surface area contributed by atoms with Gasteiger partial charge in [-0.1, -0.05) is 0 Å². The van der Waals surface area contributed by atoms with Gasteiger partial charge < -0.3 is 9.73 Å². The Bertz CT molecular complexity index is 669. The van der Waals surface area contributed by atoms with Crippen molar-refractivity contribution in [3.8, 4) is 0 Å². The first-order valence-electron chi connectivity index (χ1n) is 6.29. The number of fused-ring (bicyclic) bond motifs is 1. The first-order chi connectivity index (χ1) is 9.34. The minimum Gasteiger partial charge on any atom is -0.472 e. The summed E-state index contributed by atoms with van der Waals surface area (Å²) >= 11 is 0. The van der Waals surface area contributed by atoms with E-state index >= 15 is 0 Å². The van der Waals surface area contributed by atoms with Gasteiger partial charge in [-0.05, 0) is 18.9 Å². The number of anilines is 1. The molecule has 96 valence electrons. The lowest BCUT2D eigenvalue weighted by atomic mass is 9.86. The average Bonchev–Trinajstić information content (AvgIpc) is 3.07. The summed E-state index contributed by atoms with van der Waals surface area (Å²) in [7, 11) is 0. The molecule has 3 heterocycles. The SMILES string of the molecule is O=C1CCCC2=C1C(c1ccoc1)n1ncnc1N2. The van der Waals surface area contributed by atoms with E-state index in [1.54, 1.807) is 17.2 Å². The highest BCUT2D eigenvalue weighted by Gasteiger charge is 2.36. The molecule has 2 aromatic rings. The molecule has 6 nitrogen and oxygen atoms in total. The molecule has 0 spiro atoms. The number of carbonyl (C=O) groups excluding carboxylic acids is 1. The van der Waals surface area contributed by atoms with Crippen molar-refractivity contribution < 1.29 is 9.21 Å². The molecule has 0 saturated heterocycles. The van der Waals surface area contributed by atoms with E-state index < -0.39 is 0 Å². The summed E-state index contributed by atoms with van der Waals surface area (Å²) in [5.74, 6) is 0.862. The topological polar surface area (TPSA) is 73.0 Å². The van der Waals surface area contributed by atoms with E-state index in [1.165, 1.54) is 6.33 Å². The van der Waals surface area contributed by atoms with Crippen LogP contribution in [0.15, 0.2) is 40.6 Å². The molecule has 1 atom stereocenters. The molecule has 0 aromatic carbocycles. The largest absolute Gasteiger partial charge is 0.472 e. The highest BCUT2D eigenvalue weighted by molar-refractivity contribution is 5.99. The van der Waals surface area contributed by atoms with Gasteiger partial charge in [-0.15, -0.1) is 0 Å². The lowest BCUT2D eigenvalue weighted by Gasteiger charge is -2.31. The van der Waals surface area contributed by atoms with Crippen LogP contribution in [0.4, 0.5) is 5.95 Å². The smallest absolute Gasteiger partial charge is 0.226 e. The third-order valence-corrected chi connectivity index (χ3v) is 3.67. The number of carbonyl (C=O) groups is 1. The highest BCUT2D eigenvalue weighted by atomic mass is 16.3. The van der Waals surface area contributed by atoms with Crippen molar-refractivity contribution in [2.75, 3.05) is 5.32 Å². The maximum Gasteiger partial charge on any atom is 0.226 e. The van der Waals surface area contributed by atoms with Gasteiger partial charge in [0.25, 0.3) is 0 Å². The Kier molecular flexibility index (Phi) is 2.11. The van der Waals surface area contributed by atoms with E-state index in [9.17, 15) is 4.79 Å². The molecule has 1 aliphatic heterocycles. The fourth-order valence-electron chi connectivity index (χ4n) is 2.83. The van der Waals surface area contributed by atoms with E-state index in [0.29, 0.717) is 12.4 Å². The van der Waals surface area contributed by atoms with Gasteiger partial charge in [-0.25, -0.2) is 4.68 Å². The second kappa shape index (κ2) is 3.81. The number of nitrogens with one attached hydrogen (secondary N) is 1. The molecule has 0 bridgehead atoms. The van der Waals surface area contributed by atoms with Crippen LogP contribution in [-0.2, 0) is 4.79 Å². The first kappa shape index (κ1) is 10.5. The lowest BCUT2D eigenvalue weighted by Crippen LogP contribution is -2.31. The summed E-state index contributed by atoms with van der Waals surface area (Å²) in [5, 5.41) is 7.45. The summed E-state index contributed by atoms with van der Waals surface area (Å²) in [6.07, 6.45) is 7.13. The van der Waals surface area contributed by atoms with Crippen molar-refractivity contribution >= 4 is 11.7 Å². The Morgan fingerprint density at radius 1 is 1.42 bits per heavy atom. The molecule has 2 aromatic heterocycles. The number of ketones is 1.